The van der Waals surface area contributed by atoms with Crippen molar-refractivity contribution in [1.82, 2.24) is 4.90 Å². The number of carbonyl (C=O) groups is 1. The molecule has 2 aromatic rings. The minimum Gasteiger partial charge on any atom is -0.492 e. The van der Waals surface area contributed by atoms with Crippen molar-refractivity contribution in [3.05, 3.63) is 53.6 Å². The summed E-state index contributed by atoms with van der Waals surface area (Å²) in [6.45, 7) is 4.70. The summed E-state index contributed by atoms with van der Waals surface area (Å²) in [6, 6.07) is 11.3. The summed E-state index contributed by atoms with van der Waals surface area (Å²) in [5, 5.41) is 7.72. The van der Waals surface area contributed by atoms with E-state index in [4.69, 9.17) is 9.88 Å². The van der Waals surface area contributed by atoms with E-state index in [0.29, 0.717) is 18.8 Å². The van der Waals surface area contributed by atoms with Gasteiger partial charge < -0.3 is 15.0 Å². The van der Waals surface area contributed by atoms with E-state index in [2.05, 4.69) is 11.4 Å². The van der Waals surface area contributed by atoms with Gasteiger partial charge in [0.25, 0.3) is 0 Å². The summed E-state index contributed by atoms with van der Waals surface area (Å²) >= 11 is 0. The number of likely N-dealkylation sites (N-methyl/N-ethyl adjacent to an activating group) is 1. The van der Waals surface area contributed by atoms with Crippen LogP contribution in [0.2, 0.25) is 0 Å². The van der Waals surface area contributed by atoms with Gasteiger partial charge in [0.2, 0.25) is 10.0 Å². The maximum Gasteiger partial charge on any atom is 0.321 e. The van der Waals surface area contributed by atoms with Crippen LogP contribution >= 0.6 is 0 Å². The Balaban J connectivity index is 1.89. The van der Waals surface area contributed by atoms with E-state index >= 15 is 0 Å². The Morgan fingerprint density at radius 2 is 1.81 bits per heavy atom. The number of rotatable bonds is 6. The first-order chi connectivity index (χ1) is 12.1. The number of primary sulfonamides is 1. The van der Waals surface area contributed by atoms with E-state index in [1.165, 1.54) is 23.1 Å². The van der Waals surface area contributed by atoms with Crippen molar-refractivity contribution in [2.75, 3.05) is 25.5 Å². The number of nitrogens with one attached hydrogen (secondary N) is 1. The second-order valence-corrected chi connectivity index (χ2v) is 7.66. The summed E-state index contributed by atoms with van der Waals surface area (Å²) in [6.07, 6.45) is 0. The van der Waals surface area contributed by atoms with E-state index in [-0.39, 0.29) is 10.9 Å². The van der Waals surface area contributed by atoms with E-state index in [9.17, 15) is 13.2 Å². The molecule has 0 fully saturated rings. The first kappa shape index (κ1) is 19.7. The average molecular weight is 377 g/mol. The van der Waals surface area contributed by atoms with Crippen LogP contribution in [0.1, 0.15) is 11.1 Å². The highest BCUT2D eigenvalue weighted by molar-refractivity contribution is 7.89. The summed E-state index contributed by atoms with van der Waals surface area (Å²) in [5.41, 5.74) is 2.57. The molecule has 0 saturated carbocycles. The molecule has 7 nitrogen and oxygen atoms in total. The van der Waals surface area contributed by atoms with Crippen LogP contribution in [0.3, 0.4) is 0 Å². The second-order valence-electron chi connectivity index (χ2n) is 6.10. The van der Waals surface area contributed by atoms with Gasteiger partial charge in [-0.05, 0) is 55.3 Å². The van der Waals surface area contributed by atoms with Crippen LogP contribution in [0.4, 0.5) is 10.5 Å². The van der Waals surface area contributed by atoms with Crippen LogP contribution in [0.25, 0.3) is 0 Å². The van der Waals surface area contributed by atoms with Gasteiger partial charge in [-0.15, -0.1) is 0 Å². The first-order valence-electron chi connectivity index (χ1n) is 8.01. The SMILES string of the molecule is Cc1cc(C)cc(OCCN(C)C(=O)Nc2cccc(S(N)(=O)=O)c2)c1. The third-order valence-corrected chi connectivity index (χ3v) is 4.56. The van der Waals surface area contributed by atoms with Gasteiger partial charge in [0.15, 0.2) is 0 Å². The molecule has 0 bridgehead atoms. The molecule has 0 aliphatic carbocycles. The zero-order chi connectivity index (χ0) is 19.3. The Bertz CT molecular complexity index is 877. The molecule has 0 unspecified atom stereocenters. The highest BCUT2D eigenvalue weighted by Crippen LogP contribution is 2.16. The second kappa shape index (κ2) is 8.20. The maximum atomic E-state index is 12.2. The van der Waals surface area contributed by atoms with E-state index in [1.807, 2.05) is 26.0 Å². The molecule has 0 saturated heterocycles. The summed E-state index contributed by atoms with van der Waals surface area (Å²) in [7, 11) is -2.19. The summed E-state index contributed by atoms with van der Waals surface area (Å²) in [4.78, 5) is 13.6. The van der Waals surface area contributed by atoms with Crippen molar-refractivity contribution < 1.29 is 17.9 Å². The average Bonchev–Trinajstić information content (AvgIpc) is 2.53. The Morgan fingerprint density at radius 3 is 2.42 bits per heavy atom. The normalized spacial score (nSPS) is 11.1. The van der Waals surface area contributed by atoms with Gasteiger partial charge in [0, 0.05) is 12.7 Å². The zero-order valence-corrected chi connectivity index (χ0v) is 15.8. The molecule has 2 aromatic carbocycles. The molecule has 2 amide bonds. The standard InChI is InChI=1S/C18H23N3O4S/c1-13-9-14(2)11-16(10-13)25-8-7-21(3)18(22)20-15-5-4-6-17(12-15)26(19,23)24/h4-6,9-12H,7-8H2,1-3H3,(H,20,22)(H2,19,23,24). The number of benzene rings is 2. The van der Waals surface area contributed by atoms with Gasteiger partial charge in [-0.25, -0.2) is 18.4 Å². The molecular weight excluding hydrogens is 354 g/mol. The molecule has 0 heterocycles. The van der Waals surface area contributed by atoms with Gasteiger partial charge in [-0.2, -0.15) is 0 Å². The van der Waals surface area contributed by atoms with E-state index < -0.39 is 10.0 Å². The number of nitrogens with zero attached hydrogens (tertiary/aromatic N) is 1. The van der Waals surface area contributed by atoms with Gasteiger partial charge in [-0.1, -0.05) is 12.1 Å². The number of amides is 2. The number of anilines is 1. The highest BCUT2D eigenvalue weighted by atomic mass is 32.2. The number of sulfonamides is 1. The minimum absolute atomic E-state index is 0.0592. The Morgan fingerprint density at radius 1 is 1.15 bits per heavy atom. The quantitative estimate of drug-likeness (QED) is 0.807. The minimum atomic E-state index is -3.82. The van der Waals surface area contributed by atoms with Crippen LogP contribution in [0, 0.1) is 13.8 Å². The lowest BCUT2D eigenvalue weighted by Crippen LogP contribution is -2.34. The molecule has 8 heteroatoms. The summed E-state index contributed by atoms with van der Waals surface area (Å²) < 4.78 is 28.4. The molecule has 26 heavy (non-hydrogen) atoms. The van der Waals surface area contributed by atoms with Crippen LogP contribution in [-0.4, -0.2) is 39.5 Å². The number of carbonyl (C=O) groups excluding carboxylic acids is 1. The van der Waals surface area contributed by atoms with Crippen molar-refractivity contribution in [2.24, 2.45) is 5.14 Å². The Labute approximate surface area is 153 Å². The fraction of sp³-hybridized carbons (Fsp3) is 0.278. The lowest BCUT2D eigenvalue weighted by Gasteiger charge is -2.18. The monoisotopic (exact) mass is 377 g/mol. The zero-order valence-electron chi connectivity index (χ0n) is 15.0. The van der Waals surface area contributed by atoms with Gasteiger partial charge >= 0.3 is 6.03 Å². The smallest absolute Gasteiger partial charge is 0.321 e. The molecule has 0 radical (unpaired) electrons. The number of ether oxygens (including phenoxy) is 1. The Kier molecular flexibility index (Phi) is 6.23. The predicted octanol–water partition coefficient (Wildman–Crippen LogP) is 2.49. The summed E-state index contributed by atoms with van der Waals surface area (Å²) in [5.74, 6) is 0.761. The molecule has 2 rings (SSSR count). The van der Waals surface area contributed by atoms with Crippen LogP contribution in [0.15, 0.2) is 47.4 Å². The number of urea groups is 1. The maximum absolute atomic E-state index is 12.2. The van der Waals surface area contributed by atoms with Crippen molar-refractivity contribution in [3.63, 3.8) is 0 Å². The number of hydrogen-bond donors (Lipinski definition) is 2. The van der Waals surface area contributed by atoms with Crippen molar-refractivity contribution in [3.8, 4) is 5.75 Å². The predicted molar refractivity (Wildman–Crippen MR) is 101 cm³/mol. The first-order valence-corrected chi connectivity index (χ1v) is 9.56. The van der Waals surface area contributed by atoms with E-state index in [1.54, 1.807) is 13.1 Å². The van der Waals surface area contributed by atoms with Crippen LogP contribution < -0.4 is 15.2 Å². The molecule has 0 aliphatic rings. The third kappa shape index (κ3) is 5.75. The third-order valence-electron chi connectivity index (χ3n) is 3.65. The molecule has 3 N–H and O–H groups in total. The molecule has 0 aliphatic heterocycles. The fourth-order valence-electron chi connectivity index (χ4n) is 2.39. The molecule has 0 spiro atoms. The van der Waals surface area contributed by atoms with Gasteiger partial charge in [0.1, 0.15) is 12.4 Å². The van der Waals surface area contributed by atoms with E-state index in [0.717, 1.165) is 16.9 Å². The number of aryl methyl sites for hydroxylation is 2. The molecular formula is C18H23N3O4S. The van der Waals surface area contributed by atoms with Crippen molar-refractivity contribution in [2.45, 2.75) is 18.7 Å². The number of hydrogen-bond acceptors (Lipinski definition) is 4. The highest BCUT2D eigenvalue weighted by Gasteiger charge is 2.12. The van der Waals surface area contributed by atoms with Crippen molar-refractivity contribution in [1.29, 1.82) is 0 Å². The van der Waals surface area contributed by atoms with Crippen LogP contribution in [0.5, 0.6) is 5.75 Å². The molecule has 140 valence electrons. The molecule has 0 atom stereocenters. The van der Waals surface area contributed by atoms with Crippen LogP contribution in [-0.2, 0) is 10.0 Å². The van der Waals surface area contributed by atoms with Gasteiger partial charge in [-0.3, -0.25) is 0 Å². The van der Waals surface area contributed by atoms with Crippen molar-refractivity contribution >= 4 is 21.7 Å². The lowest BCUT2D eigenvalue weighted by molar-refractivity contribution is 0.207. The van der Waals surface area contributed by atoms with Gasteiger partial charge in [0.05, 0.1) is 11.4 Å². The Hall–Kier alpha value is -2.58. The largest absolute Gasteiger partial charge is 0.492 e. The number of nitrogens with two attached hydrogens (primary N) is 1. The fourth-order valence-corrected chi connectivity index (χ4v) is 2.95. The topological polar surface area (TPSA) is 102 Å². The molecule has 0 aromatic heterocycles. The lowest BCUT2D eigenvalue weighted by atomic mass is 10.1.